The molecule has 0 aromatic heterocycles. The third-order valence-electron chi connectivity index (χ3n) is 5.87. The Morgan fingerprint density at radius 3 is 1.71 bits per heavy atom. The summed E-state index contributed by atoms with van der Waals surface area (Å²) in [5.74, 6) is -0.776. The quantitative estimate of drug-likeness (QED) is 0.312. The highest BCUT2D eigenvalue weighted by Crippen LogP contribution is 2.44. The van der Waals surface area contributed by atoms with Crippen LogP contribution in [0.4, 0.5) is 0 Å². The highest BCUT2D eigenvalue weighted by molar-refractivity contribution is 6.22. The number of carbonyl (C=O) groups is 1. The van der Waals surface area contributed by atoms with E-state index in [0.29, 0.717) is 6.42 Å². The minimum atomic E-state index is -0.776. The van der Waals surface area contributed by atoms with Crippen molar-refractivity contribution in [2.45, 2.75) is 12.8 Å². The monoisotopic (exact) mass is 402 g/mol. The van der Waals surface area contributed by atoms with Crippen molar-refractivity contribution in [3.63, 3.8) is 0 Å². The van der Waals surface area contributed by atoms with Crippen LogP contribution in [0.5, 0.6) is 0 Å². The van der Waals surface area contributed by atoms with Crippen molar-refractivity contribution in [1.29, 1.82) is 0 Å². The molecular weight excluding hydrogens is 380 g/mol. The second-order valence-corrected chi connectivity index (χ2v) is 7.76. The first kappa shape index (κ1) is 19.1. The fraction of sp³-hybridized carbons (Fsp3) is 0.0690. The summed E-state index contributed by atoms with van der Waals surface area (Å²) in [6.45, 7) is 0. The van der Waals surface area contributed by atoms with Gasteiger partial charge in [-0.05, 0) is 55.8 Å². The molecule has 150 valence electrons. The molecule has 0 unspecified atom stereocenters. The van der Waals surface area contributed by atoms with Gasteiger partial charge in [-0.15, -0.1) is 0 Å². The first-order valence-electron chi connectivity index (χ1n) is 10.5. The normalized spacial score (nSPS) is 11.1. The van der Waals surface area contributed by atoms with Crippen LogP contribution >= 0.6 is 0 Å². The molecule has 0 saturated heterocycles. The van der Waals surface area contributed by atoms with Crippen LogP contribution in [0.3, 0.4) is 0 Å². The average Bonchev–Trinajstić information content (AvgIpc) is 2.82. The second-order valence-electron chi connectivity index (χ2n) is 7.76. The molecule has 5 aromatic carbocycles. The van der Waals surface area contributed by atoms with Gasteiger partial charge in [-0.3, -0.25) is 4.79 Å². The lowest BCUT2D eigenvalue weighted by molar-refractivity contribution is -0.136. The minimum absolute atomic E-state index is 0.112. The number of carboxylic acid groups (broad SMARTS) is 1. The number of hydrogen-bond donors (Lipinski definition) is 1. The van der Waals surface area contributed by atoms with Crippen molar-refractivity contribution in [3.05, 3.63) is 109 Å². The van der Waals surface area contributed by atoms with Crippen LogP contribution in [0.15, 0.2) is 103 Å². The summed E-state index contributed by atoms with van der Waals surface area (Å²) in [5.41, 5.74) is 5.75. The summed E-state index contributed by atoms with van der Waals surface area (Å²) in [7, 11) is 0. The first-order valence-corrected chi connectivity index (χ1v) is 10.5. The van der Waals surface area contributed by atoms with Crippen molar-refractivity contribution in [2.75, 3.05) is 0 Å². The van der Waals surface area contributed by atoms with Gasteiger partial charge in [0.05, 0.1) is 0 Å². The van der Waals surface area contributed by atoms with E-state index in [2.05, 4.69) is 91.0 Å². The Hall–Kier alpha value is -3.91. The third kappa shape index (κ3) is 3.47. The van der Waals surface area contributed by atoms with Crippen molar-refractivity contribution in [3.8, 4) is 22.3 Å². The Kier molecular flexibility index (Phi) is 4.97. The summed E-state index contributed by atoms with van der Waals surface area (Å²) < 4.78 is 0. The Labute approximate surface area is 181 Å². The molecule has 0 atom stereocenters. The highest BCUT2D eigenvalue weighted by Gasteiger charge is 2.18. The molecule has 0 spiro atoms. The summed E-state index contributed by atoms with van der Waals surface area (Å²) in [4.78, 5) is 11.4. The zero-order valence-electron chi connectivity index (χ0n) is 17.1. The predicted molar refractivity (Wildman–Crippen MR) is 128 cm³/mol. The Balaban J connectivity index is 1.97. The fourth-order valence-corrected chi connectivity index (χ4v) is 4.57. The van der Waals surface area contributed by atoms with Gasteiger partial charge in [0.25, 0.3) is 0 Å². The van der Waals surface area contributed by atoms with Crippen LogP contribution in [-0.4, -0.2) is 11.1 Å². The largest absolute Gasteiger partial charge is 0.481 e. The van der Waals surface area contributed by atoms with Crippen molar-refractivity contribution in [2.24, 2.45) is 0 Å². The average molecular weight is 402 g/mol. The second kappa shape index (κ2) is 8.08. The molecule has 0 saturated carbocycles. The standard InChI is InChI=1S/C29H22O2/c30-26(31)19-18-22-14-9-17-25-27(20-10-3-1-4-11-20)23-15-7-8-16-24(23)28(29(22)25)21-12-5-2-6-13-21/h1-17H,18-19H2,(H,30,31). The maximum absolute atomic E-state index is 11.4. The number of carboxylic acids is 1. The maximum Gasteiger partial charge on any atom is 0.303 e. The van der Waals surface area contributed by atoms with Crippen LogP contribution in [0, 0.1) is 0 Å². The SMILES string of the molecule is O=C(O)CCc1cccc2c(-c3ccccc3)c3ccccc3c(-c3ccccc3)c12. The van der Waals surface area contributed by atoms with Gasteiger partial charge in [-0.25, -0.2) is 0 Å². The Bertz CT molecular complexity index is 1390. The Morgan fingerprint density at radius 2 is 1.10 bits per heavy atom. The van der Waals surface area contributed by atoms with Gasteiger partial charge in [0.15, 0.2) is 0 Å². The minimum Gasteiger partial charge on any atom is -0.481 e. The van der Waals surface area contributed by atoms with E-state index in [1.54, 1.807) is 0 Å². The molecule has 5 aromatic rings. The summed E-state index contributed by atoms with van der Waals surface area (Å²) in [5, 5.41) is 14.0. The van der Waals surface area contributed by atoms with Gasteiger partial charge >= 0.3 is 5.97 Å². The van der Waals surface area contributed by atoms with Crippen LogP contribution in [0.25, 0.3) is 43.8 Å². The molecule has 0 radical (unpaired) electrons. The van der Waals surface area contributed by atoms with Crippen molar-refractivity contribution >= 4 is 27.5 Å². The number of aryl methyl sites for hydroxylation is 1. The van der Waals surface area contributed by atoms with Gasteiger partial charge in [0.2, 0.25) is 0 Å². The predicted octanol–water partition coefficient (Wildman–Crippen LogP) is 7.34. The van der Waals surface area contributed by atoms with Crippen LogP contribution < -0.4 is 0 Å². The van der Waals surface area contributed by atoms with E-state index < -0.39 is 5.97 Å². The van der Waals surface area contributed by atoms with E-state index >= 15 is 0 Å². The lowest BCUT2D eigenvalue weighted by Gasteiger charge is -2.20. The van der Waals surface area contributed by atoms with Gasteiger partial charge in [-0.2, -0.15) is 0 Å². The molecule has 2 heteroatoms. The van der Waals surface area contributed by atoms with Crippen LogP contribution in [-0.2, 0) is 11.2 Å². The lowest BCUT2D eigenvalue weighted by atomic mass is 9.83. The molecule has 0 fully saturated rings. The van der Waals surface area contributed by atoms with Gasteiger partial charge < -0.3 is 5.11 Å². The smallest absolute Gasteiger partial charge is 0.303 e. The molecule has 0 aliphatic heterocycles. The summed E-state index contributed by atoms with van der Waals surface area (Å²) in [6, 6.07) is 35.7. The number of hydrogen-bond acceptors (Lipinski definition) is 1. The van der Waals surface area contributed by atoms with Gasteiger partial charge in [0, 0.05) is 6.42 Å². The molecular formula is C29H22O2. The van der Waals surface area contributed by atoms with E-state index in [1.807, 2.05) is 12.1 Å². The molecule has 0 aliphatic carbocycles. The Morgan fingerprint density at radius 1 is 0.581 bits per heavy atom. The lowest BCUT2D eigenvalue weighted by Crippen LogP contribution is -2.00. The highest BCUT2D eigenvalue weighted by atomic mass is 16.4. The molecule has 0 bridgehead atoms. The molecule has 0 amide bonds. The maximum atomic E-state index is 11.4. The molecule has 1 N–H and O–H groups in total. The van der Waals surface area contributed by atoms with Crippen LogP contribution in [0.1, 0.15) is 12.0 Å². The zero-order valence-corrected chi connectivity index (χ0v) is 17.1. The number of fused-ring (bicyclic) bond motifs is 2. The summed E-state index contributed by atoms with van der Waals surface area (Å²) in [6.07, 6.45) is 0.611. The molecule has 0 heterocycles. The number of rotatable bonds is 5. The van der Waals surface area contributed by atoms with E-state index in [9.17, 15) is 9.90 Å². The van der Waals surface area contributed by atoms with Gasteiger partial charge in [0.1, 0.15) is 0 Å². The van der Waals surface area contributed by atoms with E-state index in [4.69, 9.17) is 0 Å². The van der Waals surface area contributed by atoms with E-state index in [-0.39, 0.29) is 6.42 Å². The molecule has 2 nitrogen and oxygen atoms in total. The number of aliphatic carboxylic acids is 1. The van der Waals surface area contributed by atoms with E-state index in [0.717, 1.165) is 21.9 Å². The van der Waals surface area contributed by atoms with Crippen molar-refractivity contribution in [1.82, 2.24) is 0 Å². The van der Waals surface area contributed by atoms with Crippen molar-refractivity contribution < 1.29 is 9.90 Å². The topological polar surface area (TPSA) is 37.3 Å². The zero-order chi connectivity index (χ0) is 21.2. The van der Waals surface area contributed by atoms with E-state index in [1.165, 1.54) is 27.5 Å². The molecule has 0 aliphatic rings. The summed E-state index contributed by atoms with van der Waals surface area (Å²) >= 11 is 0. The molecule has 31 heavy (non-hydrogen) atoms. The van der Waals surface area contributed by atoms with Gasteiger partial charge in [-0.1, -0.05) is 103 Å². The van der Waals surface area contributed by atoms with Crippen LogP contribution in [0.2, 0.25) is 0 Å². The number of benzene rings is 5. The first-order chi connectivity index (χ1) is 15.2. The molecule has 5 rings (SSSR count). The fourth-order valence-electron chi connectivity index (χ4n) is 4.57. The third-order valence-corrected chi connectivity index (χ3v) is 5.87.